The monoisotopic (exact) mass is 709 g/mol. The van der Waals surface area contributed by atoms with E-state index in [1.807, 2.05) is 24.5 Å². The summed E-state index contributed by atoms with van der Waals surface area (Å²) in [5.41, 5.74) is -0.264. The maximum atomic E-state index is 14.4. The third kappa shape index (κ3) is 9.49. The molecule has 0 aliphatic rings. The Bertz CT molecular complexity index is 1840. The molecule has 254 valence electrons. The first-order chi connectivity index (χ1) is 22.9. The van der Waals surface area contributed by atoms with Gasteiger partial charge in [0.05, 0.1) is 25.0 Å². The van der Waals surface area contributed by atoms with Gasteiger partial charge in [-0.05, 0) is 44.7 Å². The molecule has 0 fully saturated rings. The van der Waals surface area contributed by atoms with Gasteiger partial charge in [-0.15, -0.1) is 45.3 Å². The second kappa shape index (κ2) is 18.0. The summed E-state index contributed by atoms with van der Waals surface area (Å²) in [5, 5.41) is 3.16. The number of thiazole rings is 2. The zero-order valence-corrected chi connectivity index (χ0v) is 32.0. The first kappa shape index (κ1) is 36.1. The second-order valence-electron chi connectivity index (χ2n) is 13.2. The normalized spacial score (nSPS) is 12.5. The van der Waals surface area contributed by atoms with Crippen LogP contribution in [0.5, 0.6) is 0 Å². The van der Waals surface area contributed by atoms with Crippen LogP contribution in [0.2, 0.25) is 0 Å². The van der Waals surface area contributed by atoms with E-state index in [-0.39, 0.29) is 11.1 Å². The molecule has 0 aliphatic carbocycles. The molecule has 0 aliphatic heterocycles. The van der Waals surface area contributed by atoms with E-state index < -0.39 is 0 Å². The number of aryl methyl sites for hydroxylation is 2. The molecule has 0 aromatic carbocycles. The predicted molar refractivity (Wildman–Crippen MR) is 208 cm³/mol. The highest BCUT2D eigenvalue weighted by atomic mass is 32.1. The summed E-state index contributed by atoms with van der Waals surface area (Å²) in [6.45, 7) is 9.15. The van der Waals surface area contributed by atoms with Gasteiger partial charge in [-0.25, -0.2) is 9.97 Å². The van der Waals surface area contributed by atoms with E-state index >= 15 is 0 Å². The Hall–Kier alpha value is -2.20. The van der Waals surface area contributed by atoms with Gasteiger partial charge < -0.3 is 0 Å². The second-order valence-corrected chi connectivity index (χ2v) is 17.7. The molecule has 0 N–H and O–H groups in total. The van der Waals surface area contributed by atoms with Crippen molar-refractivity contribution in [1.29, 1.82) is 0 Å². The number of aromatic nitrogens is 3. The lowest BCUT2D eigenvalue weighted by atomic mass is 9.93. The molecule has 9 heteroatoms. The van der Waals surface area contributed by atoms with E-state index in [4.69, 9.17) is 0 Å². The molecular formula is C38H51N3O2S4. The van der Waals surface area contributed by atoms with Crippen LogP contribution in [-0.4, -0.2) is 14.5 Å². The fourth-order valence-corrected chi connectivity index (χ4v) is 10.6. The summed E-state index contributed by atoms with van der Waals surface area (Å²) in [4.78, 5) is 42.0. The molecule has 5 nitrogen and oxygen atoms in total. The lowest BCUT2D eigenvalue weighted by Gasteiger charge is -2.17. The van der Waals surface area contributed by atoms with Gasteiger partial charge in [0.25, 0.3) is 11.1 Å². The number of hydrogen-bond donors (Lipinski definition) is 0. The minimum atomic E-state index is -0.141. The Balaban J connectivity index is 1.42. The molecule has 5 aromatic heterocycles. The standard InChI is InChI=1S/C38H51N3O2S4/c1-5-7-9-11-13-14-16-18-20-28(19-17-15-12-10-8-6-2)25-41-37(42)29-21-26(3)44-33(29)34-30(38(41)43)22-31(46-34)32-24-40-36(47-32)35-39-23-27(4)45-35/h21-24,28H,5-20,25H2,1-4H3. The van der Waals surface area contributed by atoms with Crippen LogP contribution in [-0.2, 0) is 6.54 Å². The minimum Gasteiger partial charge on any atom is -0.274 e. The van der Waals surface area contributed by atoms with Crippen molar-refractivity contribution >= 4 is 65.5 Å². The summed E-state index contributed by atoms with van der Waals surface area (Å²) >= 11 is 6.50. The topological polar surface area (TPSA) is 64.8 Å². The summed E-state index contributed by atoms with van der Waals surface area (Å²) in [5.74, 6) is 0.336. The van der Waals surface area contributed by atoms with Crippen LogP contribution in [0.4, 0.5) is 0 Å². The van der Waals surface area contributed by atoms with Crippen LogP contribution in [0.1, 0.15) is 126 Å². The third-order valence-electron chi connectivity index (χ3n) is 9.17. The van der Waals surface area contributed by atoms with Crippen molar-refractivity contribution in [2.45, 2.75) is 137 Å². The van der Waals surface area contributed by atoms with Gasteiger partial charge in [0.1, 0.15) is 0 Å². The molecule has 1 atom stereocenters. The van der Waals surface area contributed by atoms with E-state index in [1.54, 1.807) is 49.9 Å². The first-order valence-electron chi connectivity index (χ1n) is 17.9. The molecule has 5 rings (SSSR count). The summed E-state index contributed by atoms with van der Waals surface area (Å²) in [6.07, 6.45) is 23.8. The van der Waals surface area contributed by atoms with E-state index in [1.165, 1.54) is 89.9 Å². The van der Waals surface area contributed by atoms with Crippen molar-refractivity contribution < 1.29 is 0 Å². The Labute approximate surface area is 296 Å². The molecule has 0 radical (unpaired) electrons. The summed E-state index contributed by atoms with van der Waals surface area (Å²) in [7, 11) is 0. The Morgan fingerprint density at radius 2 is 1.13 bits per heavy atom. The molecule has 0 amide bonds. The third-order valence-corrected chi connectivity index (χ3v) is 13.8. The average Bonchev–Trinajstić information content (AvgIpc) is 3.87. The van der Waals surface area contributed by atoms with Crippen LogP contribution >= 0.6 is 45.3 Å². The van der Waals surface area contributed by atoms with Crippen LogP contribution in [0.3, 0.4) is 0 Å². The molecule has 0 bridgehead atoms. The largest absolute Gasteiger partial charge is 0.274 e. The molecule has 5 aromatic rings. The minimum absolute atomic E-state index is 0.123. The predicted octanol–water partition coefficient (Wildman–Crippen LogP) is 12.4. The number of rotatable bonds is 20. The smallest absolute Gasteiger partial charge is 0.262 e. The van der Waals surface area contributed by atoms with Gasteiger partial charge >= 0.3 is 0 Å². The van der Waals surface area contributed by atoms with E-state index in [9.17, 15) is 9.59 Å². The number of fused-ring (bicyclic) bond motifs is 3. The van der Waals surface area contributed by atoms with Crippen molar-refractivity contribution in [3.8, 4) is 19.8 Å². The first-order valence-corrected chi connectivity index (χ1v) is 21.2. The van der Waals surface area contributed by atoms with Gasteiger partial charge in [-0.2, -0.15) is 0 Å². The fraction of sp³-hybridized carbons (Fsp3) is 0.579. The molecule has 47 heavy (non-hydrogen) atoms. The van der Waals surface area contributed by atoms with Crippen molar-refractivity contribution in [3.63, 3.8) is 0 Å². The Kier molecular flexibility index (Phi) is 13.8. The molecular weight excluding hydrogens is 659 g/mol. The SMILES string of the molecule is CCCCCCCCCCC(CCCCCCCC)Cn1c(=O)c2cc(C)sc2c2sc(-c3cnc(-c4ncc(C)s4)s3)cc2c1=O. The Morgan fingerprint density at radius 1 is 0.596 bits per heavy atom. The van der Waals surface area contributed by atoms with E-state index in [0.29, 0.717) is 23.2 Å². The molecule has 0 saturated carbocycles. The van der Waals surface area contributed by atoms with E-state index in [2.05, 4.69) is 37.7 Å². The summed E-state index contributed by atoms with van der Waals surface area (Å²) in [6, 6.07) is 4.01. The molecule has 5 heterocycles. The van der Waals surface area contributed by atoms with Gasteiger partial charge in [-0.1, -0.05) is 104 Å². The van der Waals surface area contributed by atoms with Crippen LogP contribution in [0, 0.1) is 19.8 Å². The van der Waals surface area contributed by atoms with Crippen LogP contribution < -0.4 is 11.1 Å². The lowest BCUT2D eigenvalue weighted by Crippen LogP contribution is -2.33. The van der Waals surface area contributed by atoms with Gasteiger partial charge in [0.15, 0.2) is 10.0 Å². The van der Waals surface area contributed by atoms with Gasteiger partial charge in [0.2, 0.25) is 0 Å². The number of nitrogens with zero attached hydrogens (tertiary/aromatic N) is 3. The Morgan fingerprint density at radius 3 is 1.72 bits per heavy atom. The van der Waals surface area contributed by atoms with Crippen LogP contribution in [0.25, 0.3) is 39.9 Å². The maximum Gasteiger partial charge on any atom is 0.262 e. The zero-order valence-electron chi connectivity index (χ0n) is 28.7. The number of hydrogen-bond acceptors (Lipinski definition) is 8. The van der Waals surface area contributed by atoms with Crippen molar-refractivity contribution in [1.82, 2.24) is 14.5 Å². The highest BCUT2D eigenvalue weighted by Crippen LogP contribution is 2.41. The highest BCUT2D eigenvalue weighted by Gasteiger charge is 2.20. The highest BCUT2D eigenvalue weighted by molar-refractivity contribution is 7.31. The maximum absolute atomic E-state index is 14.4. The van der Waals surface area contributed by atoms with Gasteiger partial charge in [-0.3, -0.25) is 14.2 Å². The van der Waals surface area contributed by atoms with Crippen LogP contribution in [0.15, 0.2) is 34.1 Å². The average molecular weight is 710 g/mol. The fourth-order valence-electron chi connectivity index (χ4n) is 6.54. The lowest BCUT2D eigenvalue weighted by molar-refractivity contribution is 0.351. The number of unbranched alkanes of at least 4 members (excludes halogenated alkanes) is 12. The quantitative estimate of drug-likeness (QED) is 0.0755. The van der Waals surface area contributed by atoms with Crippen molar-refractivity contribution in [2.24, 2.45) is 5.92 Å². The number of thiophene rings is 2. The summed E-state index contributed by atoms with van der Waals surface area (Å²) < 4.78 is 3.46. The van der Waals surface area contributed by atoms with Crippen molar-refractivity contribution in [3.05, 3.63) is 55.0 Å². The van der Waals surface area contributed by atoms with Gasteiger partial charge in [0, 0.05) is 33.6 Å². The molecule has 1 unspecified atom stereocenters. The molecule has 0 spiro atoms. The van der Waals surface area contributed by atoms with Crippen molar-refractivity contribution in [2.75, 3.05) is 0 Å². The molecule has 0 saturated heterocycles. The van der Waals surface area contributed by atoms with E-state index in [0.717, 1.165) is 51.8 Å². The zero-order chi connectivity index (χ0) is 33.2.